The van der Waals surface area contributed by atoms with Crippen molar-refractivity contribution >= 4 is 91.3 Å². The highest BCUT2D eigenvalue weighted by Crippen LogP contribution is 2.60. The topological polar surface area (TPSA) is 34.8 Å². The Morgan fingerprint density at radius 2 is 0.846 bits per heavy atom. The SMILES string of the molecule is Fc1ccc2c(c1)c1c3c4c(c5c1n2B1c2ccccc2Oc2ccccc2N15)c1cc(F)ccc1n4B1c2ccccc2Oc2ccccc2N13. The van der Waals surface area contributed by atoms with Crippen LogP contribution in [0.15, 0.2) is 133 Å². The van der Waals surface area contributed by atoms with Crippen LogP contribution in [0.4, 0.5) is 31.5 Å². The Balaban J connectivity index is 1.31. The van der Waals surface area contributed by atoms with Gasteiger partial charge in [-0.05, 0) is 72.8 Å². The van der Waals surface area contributed by atoms with E-state index in [1.807, 2.05) is 84.9 Å². The average Bonchev–Trinajstić information content (AvgIpc) is 3.83. The van der Waals surface area contributed by atoms with Gasteiger partial charge in [0.2, 0.25) is 0 Å². The molecule has 0 bridgehead atoms. The number of anilines is 4. The molecular formula is C42H22B2F2N4O2. The quantitative estimate of drug-likeness (QED) is 0.150. The van der Waals surface area contributed by atoms with E-state index in [1.165, 1.54) is 12.1 Å². The van der Waals surface area contributed by atoms with Gasteiger partial charge in [0.15, 0.2) is 0 Å². The summed E-state index contributed by atoms with van der Waals surface area (Å²) in [5.41, 5.74) is 9.32. The van der Waals surface area contributed by atoms with Crippen molar-refractivity contribution in [1.82, 2.24) is 8.96 Å². The molecule has 4 aliphatic rings. The molecule has 0 atom stereocenters. The number of aromatic nitrogens is 2. The lowest BCUT2D eigenvalue weighted by Crippen LogP contribution is -2.48. The maximum atomic E-state index is 15.6. The fourth-order valence-electron chi connectivity index (χ4n) is 9.56. The zero-order chi connectivity index (χ0) is 34.0. The Labute approximate surface area is 295 Å². The van der Waals surface area contributed by atoms with Gasteiger partial charge in [0.25, 0.3) is 0 Å². The molecule has 0 saturated heterocycles. The van der Waals surface area contributed by atoms with Gasteiger partial charge in [-0.15, -0.1) is 0 Å². The first-order valence-corrected chi connectivity index (χ1v) is 17.4. The van der Waals surface area contributed by atoms with Crippen LogP contribution >= 0.6 is 0 Å². The Morgan fingerprint density at radius 1 is 0.442 bits per heavy atom. The molecular weight excluding hydrogens is 652 g/mol. The molecule has 0 spiro atoms. The normalized spacial score (nSPS) is 14.5. The number of halogens is 2. The second-order valence-corrected chi connectivity index (χ2v) is 13.9. The van der Waals surface area contributed by atoms with Gasteiger partial charge in [-0.2, -0.15) is 0 Å². The lowest BCUT2D eigenvalue weighted by molar-refractivity contribution is 0.489. The molecule has 13 rings (SSSR count). The highest BCUT2D eigenvalue weighted by molar-refractivity contribution is 6.84. The van der Waals surface area contributed by atoms with Gasteiger partial charge in [-0.1, -0.05) is 60.7 Å². The van der Waals surface area contributed by atoms with E-state index in [0.29, 0.717) is 0 Å². The monoisotopic (exact) mass is 674 g/mol. The van der Waals surface area contributed by atoms with E-state index in [2.05, 4.69) is 42.8 Å². The number of hydrogen-bond acceptors (Lipinski definition) is 4. The molecule has 0 fully saturated rings. The highest BCUT2D eigenvalue weighted by atomic mass is 19.1. The van der Waals surface area contributed by atoms with Gasteiger partial charge < -0.3 is 28.1 Å². The summed E-state index contributed by atoms with van der Waals surface area (Å²) in [6.07, 6.45) is 0. The van der Waals surface area contributed by atoms with Crippen LogP contribution in [0, 0.1) is 11.6 Å². The van der Waals surface area contributed by atoms with Gasteiger partial charge in [-0.25, -0.2) is 8.78 Å². The molecule has 52 heavy (non-hydrogen) atoms. The summed E-state index contributed by atoms with van der Waals surface area (Å²) < 4.78 is 49.3. The lowest BCUT2D eigenvalue weighted by atomic mass is 9.65. The summed E-state index contributed by atoms with van der Waals surface area (Å²) in [6.45, 7) is -0.747. The number of rotatable bonds is 0. The Hall–Kier alpha value is -6.67. The van der Waals surface area contributed by atoms with E-state index in [0.717, 1.165) is 100 Å². The van der Waals surface area contributed by atoms with Gasteiger partial charge in [0.05, 0.1) is 33.8 Å². The first-order chi connectivity index (χ1) is 25.7. The third-order valence-electron chi connectivity index (χ3n) is 11.4. The Bertz CT molecular complexity index is 2910. The first kappa shape index (κ1) is 27.1. The summed E-state index contributed by atoms with van der Waals surface area (Å²) in [5.74, 6) is 2.33. The Kier molecular flexibility index (Phi) is 4.77. The first-order valence-electron chi connectivity index (χ1n) is 17.4. The maximum Gasteiger partial charge on any atom is 0.424 e. The summed E-state index contributed by atoms with van der Waals surface area (Å²) in [5, 5.41) is 3.48. The van der Waals surface area contributed by atoms with E-state index in [1.54, 1.807) is 12.1 Å². The predicted molar refractivity (Wildman–Crippen MR) is 204 cm³/mol. The highest BCUT2D eigenvalue weighted by Gasteiger charge is 2.51. The van der Waals surface area contributed by atoms with Crippen LogP contribution < -0.4 is 30.0 Å². The van der Waals surface area contributed by atoms with Gasteiger partial charge in [0.1, 0.15) is 34.6 Å². The number of hydrogen-bond donors (Lipinski definition) is 0. The second kappa shape index (κ2) is 9.16. The molecule has 0 unspecified atom stereocenters. The van der Waals surface area contributed by atoms with Crippen LogP contribution in [0.25, 0.3) is 43.6 Å². The van der Waals surface area contributed by atoms with Crippen molar-refractivity contribution in [2.24, 2.45) is 0 Å². The number of benzene rings is 7. The lowest BCUT2D eigenvalue weighted by Gasteiger charge is -2.28. The van der Waals surface area contributed by atoms with Crippen molar-refractivity contribution in [3.63, 3.8) is 0 Å². The fourth-order valence-corrected chi connectivity index (χ4v) is 9.56. The summed E-state index contributed by atoms with van der Waals surface area (Å²) in [6, 6.07) is 42.6. The molecule has 0 saturated carbocycles. The van der Waals surface area contributed by atoms with Crippen molar-refractivity contribution < 1.29 is 18.3 Å². The minimum atomic E-state index is -0.374. The summed E-state index contributed by atoms with van der Waals surface area (Å²) in [7, 11) is 0. The summed E-state index contributed by atoms with van der Waals surface area (Å²) >= 11 is 0. The molecule has 242 valence electrons. The van der Waals surface area contributed by atoms with Crippen molar-refractivity contribution in [2.45, 2.75) is 0 Å². The molecule has 0 N–H and O–H groups in total. The minimum absolute atomic E-state index is 0.310. The van der Waals surface area contributed by atoms with Crippen molar-refractivity contribution in [3.05, 3.63) is 145 Å². The number of nitrogens with zero attached hydrogens (tertiary/aromatic N) is 4. The van der Waals surface area contributed by atoms with E-state index in [-0.39, 0.29) is 25.6 Å². The van der Waals surface area contributed by atoms with Crippen molar-refractivity contribution in [3.8, 4) is 23.0 Å². The largest absolute Gasteiger partial charge is 0.456 e. The van der Waals surface area contributed by atoms with Crippen LogP contribution in [-0.4, -0.2) is 22.9 Å². The Morgan fingerprint density at radius 3 is 1.31 bits per heavy atom. The van der Waals surface area contributed by atoms with Crippen LogP contribution in [0.3, 0.4) is 0 Å². The minimum Gasteiger partial charge on any atom is -0.456 e. The maximum absolute atomic E-state index is 15.6. The van der Waals surface area contributed by atoms with E-state index >= 15 is 8.78 Å². The second-order valence-electron chi connectivity index (χ2n) is 13.9. The standard InChI is InChI=1S/C42H22B2F2N4O2/c45-23-17-19-29-25(21-23)37-39-41(49-31-11-3-7-15-35(31)51-33-13-5-1-9-27(33)43(49)47(29)39)38-26-22-24(46)18-20-30(26)48-40(38)42(37)50-32-12-4-8-16-36(32)52-34-14-6-2-10-28(34)44(48)50/h1-22H. The molecule has 9 aromatic rings. The zero-order valence-electron chi connectivity index (χ0n) is 27.2. The van der Waals surface area contributed by atoms with Crippen molar-refractivity contribution in [2.75, 3.05) is 9.62 Å². The number of ether oxygens (including phenoxy) is 2. The van der Waals surface area contributed by atoms with E-state index in [4.69, 9.17) is 9.47 Å². The molecule has 6 nitrogen and oxygen atoms in total. The number of fused-ring (bicyclic) bond motifs is 22. The van der Waals surface area contributed by atoms with Gasteiger partial charge in [0, 0.05) is 43.5 Å². The summed E-state index contributed by atoms with van der Waals surface area (Å²) in [4.78, 5) is 4.71. The molecule has 0 radical (unpaired) electrons. The van der Waals surface area contributed by atoms with Crippen LogP contribution in [0.5, 0.6) is 23.0 Å². The van der Waals surface area contributed by atoms with Crippen LogP contribution in [0.2, 0.25) is 0 Å². The third-order valence-corrected chi connectivity index (χ3v) is 11.4. The molecule has 2 aromatic heterocycles. The molecule has 6 heterocycles. The predicted octanol–water partition coefficient (Wildman–Crippen LogP) is 9.18. The molecule has 0 aliphatic carbocycles. The molecule has 0 amide bonds. The average molecular weight is 674 g/mol. The van der Waals surface area contributed by atoms with E-state index in [9.17, 15) is 0 Å². The van der Waals surface area contributed by atoms with Crippen LogP contribution in [0.1, 0.15) is 0 Å². The number of para-hydroxylation sites is 6. The molecule has 10 heteroatoms. The van der Waals surface area contributed by atoms with Gasteiger partial charge >= 0.3 is 14.0 Å². The third kappa shape index (κ3) is 3.06. The van der Waals surface area contributed by atoms with Crippen LogP contribution in [-0.2, 0) is 0 Å². The zero-order valence-corrected chi connectivity index (χ0v) is 27.2. The van der Waals surface area contributed by atoms with Gasteiger partial charge in [-0.3, -0.25) is 0 Å². The smallest absolute Gasteiger partial charge is 0.424 e. The molecule has 4 aliphatic heterocycles. The van der Waals surface area contributed by atoms with Crippen molar-refractivity contribution in [1.29, 1.82) is 0 Å². The fraction of sp³-hybridized carbons (Fsp3) is 0. The molecule has 7 aromatic carbocycles. The van der Waals surface area contributed by atoms with E-state index < -0.39 is 0 Å².